The zero-order valence-electron chi connectivity index (χ0n) is 9.56. The molecule has 0 saturated carbocycles. The van der Waals surface area contributed by atoms with Crippen LogP contribution in [-0.2, 0) is 7.05 Å². The van der Waals surface area contributed by atoms with Crippen LogP contribution in [0.2, 0.25) is 0 Å². The number of aromatic nitrogens is 2. The van der Waals surface area contributed by atoms with Crippen LogP contribution in [0.3, 0.4) is 0 Å². The Morgan fingerprint density at radius 2 is 2.19 bits per heavy atom. The first-order chi connectivity index (χ1) is 7.52. The fourth-order valence-electron chi connectivity index (χ4n) is 1.95. The Bertz CT molecular complexity index is 555. The minimum Gasteiger partial charge on any atom is -0.477 e. The lowest BCUT2D eigenvalue weighted by molar-refractivity contribution is 0.0687. The highest BCUT2D eigenvalue weighted by atomic mass is 16.4. The summed E-state index contributed by atoms with van der Waals surface area (Å²) >= 11 is 0. The second kappa shape index (κ2) is 3.63. The molecule has 0 atom stereocenters. The van der Waals surface area contributed by atoms with Crippen LogP contribution in [0.4, 0.5) is 0 Å². The highest BCUT2D eigenvalue weighted by Gasteiger charge is 2.15. The first-order valence-corrected chi connectivity index (χ1v) is 5.20. The van der Waals surface area contributed by atoms with Crippen LogP contribution in [0.1, 0.15) is 35.8 Å². The van der Waals surface area contributed by atoms with Gasteiger partial charge in [-0.2, -0.15) is 0 Å². The molecule has 1 N–H and O–H groups in total. The number of hydrogen-bond acceptors (Lipinski definition) is 2. The molecule has 2 aromatic rings. The Balaban J connectivity index is 2.80. The van der Waals surface area contributed by atoms with E-state index in [0.717, 1.165) is 16.6 Å². The molecule has 0 amide bonds. The Morgan fingerprint density at radius 3 is 2.75 bits per heavy atom. The third-order valence-corrected chi connectivity index (χ3v) is 2.80. The second-order valence-corrected chi connectivity index (χ2v) is 4.19. The lowest BCUT2D eigenvalue weighted by Crippen LogP contribution is -2.04. The summed E-state index contributed by atoms with van der Waals surface area (Å²) in [5.74, 6) is -0.565. The second-order valence-electron chi connectivity index (χ2n) is 4.19. The van der Waals surface area contributed by atoms with Crippen molar-refractivity contribution >= 4 is 17.0 Å². The highest BCUT2D eigenvalue weighted by Crippen LogP contribution is 2.26. The molecule has 0 aliphatic heterocycles. The predicted molar refractivity (Wildman–Crippen MR) is 61.8 cm³/mol. The maximum Gasteiger partial charge on any atom is 0.352 e. The van der Waals surface area contributed by atoms with Crippen molar-refractivity contribution in [3.8, 4) is 0 Å². The normalized spacial score (nSPS) is 11.2. The van der Waals surface area contributed by atoms with Gasteiger partial charge in [0, 0.05) is 18.6 Å². The van der Waals surface area contributed by atoms with Crippen LogP contribution in [0.25, 0.3) is 11.0 Å². The third-order valence-electron chi connectivity index (χ3n) is 2.80. The monoisotopic (exact) mass is 218 g/mol. The van der Waals surface area contributed by atoms with E-state index in [1.807, 2.05) is 6.07 Å². The van der Waals surface area contributed by atoms with Crippen molar-refractivity contribution in [3.05, 3.63) is 29.6 Å². The number of rotatable bonds is 2. The fraction of sp³-hybridized carbons (Fsp3) is 0.333. The molecule has 0 aliphatic carbocycles. The molecule has 84 valence electrons. The van der Waals surface area contributed by atoms with Gasteiger partial charge >= 0.3 is 5.97 Å². The lowest BCUT2D eigenvalue weighted by atomic mass is 10.0. The van der Waals surface area contributed by atoms with Crippen molar-refractivity contribution in [1.29, 1.82) is 0 Å². The van der Waals surface area contributed by atoms with Gasteiger partial charge in [0.25, 0.3) is 0 Å². The van der Waals surface area contributed by atoms with Crippen molar-refractivity contribution in [2.75, 3.05) is 0 Å². The molecule has 0 aromatic carbocycles. The van der Waals surface area contributed by atoms with Gasteiger partial charge in [0.15, 0.2) is 0 Å². The zero-order valence-corrected chi connectivity index (χ0v) is 9.56. The standard InChI is InChI=1S/C12H14N2O2/c1-7(2)8-4-5-13-11-9(8)6-10(12(15)16)14(11)3/h4-7H,1-3H3,(H,15,16). The van der Waals surface area contributed by atoms with Gasteiger partial charge < -0.3 is 9.67 Å². The molecule has 0 aliphatic rings. The van der Waals surface area contributed by atoms with Gasteiger partial charge in [-0.1, -0.05) is 13.8 Å². The maximum absolute atomic E-state index is 11.0. The molecule has 0 radical (unpaired) electrons. The molecule has 4 heteroatoms. The highest BCUT2D eigenvalue weighted by molar-refractivity contribution is 5.94. The molecule has 0 bridgehead atoms. The molecule has 0 unspecified atom stereocenters. The minimum atomic E-state index is -0.921. The van der Waals surface area contributed by atoms with Gasteiger partial charge in [-0.3, -0.25) is 0 Å². The molecule has 2 aromatic heterocycles. The number of carboxylic acids is 1. The predicted octanol–water partition coefficient (Wildman–Crippen LogP) is 2.39. The summed E-state index contributed by atoms with van der Waals surface area (Å²) in [6.07, 6.45) is 1.73. The summed E-state index contributed by atoms with van der Waals surface area (Å²) in [5, 5.41) is 9.98. The van der Waals surface area contributed by atoms with Crippen LogP contribution >= 0.6 is 0 Å². The maximum atomic E-state index is 11.0. The Hall–Kier alpha value is -1.84. The van der Waals surface area contributed by atoms with Crippen LogP contribution in [0, 0.1) is 0 Å². The number of fused-ring (bicyclic) bond motifs is 1. The van der Waals surface area contributed by atoms with E-state index in [1.165, 1.54) is 0 Å². The lowest BCUT2D eigenvalue weighted by Gasteiger charge is -2.06. The van der Waals surface area contributed by atoms with E-state index in [0.29, 0.717) is 5.92 Å². The number of nitrogens with zero attached hydrogens (tertiary/aromatic N) is 2. The fourth-order valence-corrected chi connectivity index (χ4v) is 1.95. The van der Waals surface area contributed by atoms with Crippen LogP contribution < -0.4 is 0 Å². The van der Waals surface area contributed by atoms with E-state index in [9.17, 15) is 4.79 Å². The van der Waals surface area contributed by atoms with Gasteiger partial charge in [0.1, 0.15) is 11.3 Å². The summed E-state index contributed by atoms with van der Waals surface area (Å²) < 4.78 is 1.61. The number of pyridine rings is 1. The van der Waals surface area contributed by atoms with E-state index in [1.54, 1.807) is 23.9 Å². The van der Waals surface area contributed by atoms with Crippen molar-refractivity contribution in [2.45, 2.75) is 19.8 Å². The largest absolute Gasteiger partial charge is 0.477 e. The molecule has 2 rings (SSSR count). The van der Waals surface area contributed by atoms with Crippen LogP contribution in [0.15, 0.2) is 18.3 Å². The minimum absolute atomic E-state index is 0.274. The van der Waals surface area contributed by atoms with Gasteiger partial charge in [-0.25, -0.2) is 9.78 Å². The van der Waals surface area contributed by atoms with Gasteiger partial charge in [0.05, 0.1) is 0 Å². The molecule has 0 fully saturated rings. The van der Waals surface area contributed by atoms with E-state index in [-0.39, 0.29) is 5.69 Å². The van der Waals surface area contributed by atoms with Crippen molar-refractivity contribution in [2.24, 2.45) is 7.05 Å². The smallest absolute Gasteiger partial charge is 0.352 e. The average Bonchev–Trinajstić information content (AvgIpc) is 2.56. The van der Waals surface area contributed by atoms with Crippen molar-refractivity contribution in [3.63, 3.8) is 0 Å². The Morgan fingerprint density at radius 1 is 1.50 bits per heavy atom. The zero-order chi connectivity index (χ0) is 11.9. The topological polar surface area (TPSA) is 55.1 Å². The molecular formula is C12H14N2O2. The Labute approximate surface area is 93.5 Å². The molecule has 4 nitrogen and oxygen atoms in total. The summed E-state index contributed by atoms with van der Waals surface area (Å²) in [7, 11) is 1.73. The quantitative estimate of drug-likeness (QED) is 0.842. The van der Waals surface area contributed by atoms with E-state index >= 15 is 0 Å². The number of hydrogen-bond donors (Lipinski definition) is 1. The third kappa shape index (κ3) is 1.46. The van der Waals surface area contributed by atoms with E-state index < -0.39 is 5.97 Å². The molecule has 2 heterocycles. The van der Waals surface area contributed by atoms with Gasteiger partial charge in [-0.05, 0) is 23.6 Å². The van der Waals surface area contributed by atoms with Crippen molar-refractivity contribution in [1.82, 2.24) is 9.55 Å². The van der Waals surface area contributed by atoms with Crippen molar-refractivity contribution < 1.29 is 9.90 Å². The summed E-state index contributed by atoms with van der Waals surface area (Å²) in [6, 6.07) is 3.64. The van der Waals surface area contributed by atoms with Gasteiger partial charge in [0.2, 0.25) is 0 Å². The van der Waals surface area contributed by atoms with Crippen LogP contribution in [-0.4, -0.2) is 20.6 Å². The number of aryl methyl sites for hydroxylation is 1. The molecule has 16 heavy (non-hydrogen) atoms. The molecule has 0 spiro atoms. The van der Waals surface area contributed by atoms with E-state index in [2.05, 4.69) is 18.8 Å². The number of aromatic carboxylic acids is 1. The first kappa shape index (κ1) is 10.7. The summed E-state index contributed by atoms with van der Waals surface area (Å²) in [4.78, 5) is 15.3. The van der Waals surface area contributed by atoms with Gasteiger partial charge in [-0.15, -0.1) is 0 Å². The number of carboxylic acid groups (broad SMARTS) is 1. The average molecular weight is 218 g/mol. The SMILES string of the molecule is CC(C)c1ccnc2c1cc(C(=O)O)n2C. The summed E-state index contributed by atoms with van der Waals surface area (Å²) in [5.41, 5.74) is 2.13. The Kier molecular flexibility index (Phi) is 2.42. The first-order valence-electron chi connectivity index (χ1n) is 5.20. The number of carbonyl (C=O) groups is 1. The van der Waals surface area contributed by atoms with Crippen LogP contribution in [0.5, 0.6) is 0 Å². The van der Waals surface area contributed by atoms with E-state index in [4.69, 9.17) is 5.11 Å². The molecule has 0 saturated heterocycles. The summed E-state index contributed by atoms with van der Waals surface area (Å²) in [6.45, 7) is 4.17. The molecular weight excluding hydrogens is 204 g/mol.